The lowest BCUT2D eigenvalue weighted by Crippen LogP contribution is -1.99. The maximum absolute atomic E-state index is 8.79. The van der Waals surface area contributed by atoms with E-state index >= 15 is 0 Å². The molecule has 0 atom stereocenters. The number of nitrogens with zero attached hydrogens (tertiary/aromatic N) is 2. The SMILES string of the molecule is [2H]C([2H])(c1ccnc(-c2ccc3sc4nc(-c5c(C)cccc5C)ccc4c3c2)c1)C1CCCC1. The van der Waals surface area contributed by atoms with Crippen LogP contribution in [0.4, 0.5) is 0 Å². The molecule has 5 aromatic rings. The smallest absolute Gasteiger partial charge is 0.125 e. The maximum Gasteiger partial charge on any atom is 0.125 e. The van der Waals surface area contributed by atoms with Crippen molar-refractivity contribution in [3.05, 3.63) is 83.6 Å². The third kappa shape index (κ3) is 3.85. The lowest BCUT2D eigenvalue weighted by molar-refractivity contribution is 0.546. The molecule has 0 unspecified atom stereocenters. The second-order valence-electron chi connectivity index (χ2n) is 9.18. The number of pyridine rings is 2. The van der Waals surface area contributed by atoms with Gasteiger partial charge < -0.3 is 0 Å². The summed E-state index contributed by atoms with van der Waals surface area (Å²) in [7, 11) is 0. The first-order chi connectivity index (χ1) is 16.9. The van der Waals surface area contributed by atoms with Gasteiger partial charge in [-0.2, -0.15) is 0 Å². The molecule has 1 saturated carbocycles. The Hall–Kier alpha value is -3.04. The molecule has 3 heterocycles. The third-order valence-corrected chi connectivity index (χ3v) is 7.94. The molecule has 1 aliphatic carbocycles. The van der Waals surface area contributed by atoms with E-state index < -0.39 is 6.37 Å². The molecule has 1 fully saturated rings. The lowest BCUT2D eigenvalue weighted by Gasteiger charge is -2.10. The Balaban J connectivity index is 1.41. The predicted octanol–water partition coefficient (Wildman–Crippen LogP) is 8.53. The lowest BCUT2D eigenvalue weighted by atomic mass is 9.97. The van der Waals surface area contributed by atoms with Crippen molar-refractivity contribution >= 4 is 31.6 Å². The Morgan fingerprint density at radius 2 is 1.73 bits per heavy atom. The number of aromatic nitrogens is 2. The molecule has 0 N–H and O–H groups in total. The van der Waals surface area contributed by atoms with Crippen LogP contribution in [0, 0.1) is 19.8 Å². The first-order valence-corrected chi connectivity index (χ1v) is 12.6. The monoisotopic (exact) mass is 450 g/mol. The van der Waals surface area contributed by atoms with Crippen molar-refractivity contribution in [2.24, 2.45) is 5.92 Å². The highest BCUT2D eigenvalue weighted by atomic mass is 32.1. The van der Waals surface area contributed by atoms with Crippen molar-refractivity contribution in [1.82, 2.24) is 9.97 Å². The molecule has 3 aromatic heterocycles. The van der Waals surface area contributed by atoms with Gasteiger partial charge in [-0.1, -0.05) is 49.9 Å². The summed E-state index contributed by atoms with van der Waals surface area (Å²) in [4.78, 5) is 10.7. The second-order valence-corrected chi connectivity index (χ2v) is 10.2. The number of rotatable bonds is 4. The normalized spacial score (nSPS) is 15.8. The van der Waals surface area contributed by atoms with Crippen molar-refractivity contribution in [3.8, 4) is 22.5 Å². The molecule has 33 heavy (non-hydrogen) atoms. The fraction of sp³-hybridized carbons (Fsp3) is 0.267. The number of hydrogen-bond acceptors (Lipinski definition) is 3. The molecule has 0 spiro atoms. The van der Waals surface area contributed by atoms with Crippen LogP contribution < -0.4 is 0 Å². The molecule has 164 valence electrons. The average molecular weight is 451 g/mol. The summed E-state index contributed by atoms with van der Waals surface area (Å²) in [6.07, 6.45) is 4.63. The Bertz CT molecular complexity index is 1540. The van der Waals surface area contributed by atoms with E-state index in [9.17, 15) is 0 Å². The van der Waals surface area contributed by atoms with Gasteiger partial charge in [-0.3, -0.25) is 4.98 Å². The zero-order chi connectivity index (χ0) is 24.2. The Morgan fingerprint density at radius 3 is 2.55 bits per heavy atom. The highest BCUT2D eigenvalue weighted by Gasteiger charge is 2.16. The van der Waals surface area contributed by atoms with Crippen molar-refractivity contribution < 1.29 is 2.74 Å². The molecule has 2 nitrogen and oxygen atoms in total. The van der Waals surface area contributed by atoms with Crippen LogP contribution >= 0.6 is 11.3 Å². The van der Waals surface area contributed by atoms with E-state index in [1.54, 1.807) is 17.5 Å². The van der Waals surface area contributed by atoms with E-state index in [0.717, 1.165) is 58.4 Å². The highest BCUT2D eigenvalue weighted by Crippen LogP contribution is 2.37. The third-order valence-electron chi connectivity index (χ3n) is 6.86. The van der Waals surface area contributed by atoms with Gasteiger partial charge in [0.05, 0.1) is 11.4 Å². The van der Waals surface area contributed by atoms with Crippen molar-refractivity contribution in [2.45, 2.75) is 45.9 Å². The Labute approximate surface area is 202 Å². The van der Waals surface area contributed by atoms with Crippen LogP contribution in [0.25, 0.3) is 42.8 Å². The molecule has 6 rings (SSSR count). The van der Waals surface area contributed by atoms with Gasteiger partial charge in [0.15, 0.2) is 0 Å². The summed E-state index contributed by atoms with van der Waals surface area (Å²) in [6.45, 7) is 4.28. The van der Waals surface area contributed by atoms with Crippen LogP contribution in [-0.4, -0.2) is 9.97 Å². The van der Waals surface area contributed by atoms with Gasteiger partial charge in [0, 0.05) is 35.5 Å². The molecular weight excluding hydrogens is 420 g/mol. The van der Waals surface area contributed by atoms with Crippen LogP contribution in [0.15, 0.2) is 66.9 Å². The average Bonchev–Trinajstić information content (AvgIpc) is 3.52. The van der Waals surface area contributed by atoms with Gasteiger partial charge in [0.25, 0.3) is 0 Å². The molecule has 0 saturated heterocycles. The van der Waals surface area contributed by atoms with Gasteiger partial charge in [0.1, 0.15) is 4.83 Å². The van der Waals surface area contributed by atoms with Crippen LogP contribution in [0.2, 0.25) is 0 Å². The van der Waals surface area contributed by atoms with Gasteiger partial charge >= 0.3 is 0 Å². The summed E-state index contributed by atoms with van der Waals surface area (Å²) in [5, 5.41) is 2.33. The molecule has 2 aromatic carbocycles. The zero-order valence-corrected chi connectivity index (χ0v) is 19.9. The molecular formula is C30H28N2S. The Kier molecular flexibility index (Phi) is 4.67. The largest absolute Gasteiger partial charge is 0.256 e. The van der Waals surface area contributed by atoms with Gasteiger partial charge in [-0.15, -0.1) is 11.3 Å². The number of fused-ring (bicyclic) bond motifs is 3. The molecule has 0 amide bonds. The van der Waals surface area contributed by atoms with Crippen molar-refractivity contribution in [2.75, 3.05) is 0 Å². The standard InChI is InChI=1S/C30H28N2S/c1-19-6-5-7-20(2)29(19)26-12-11-24-25-18-23(10-13-28(25)33-30(24)32-26)27-17-22(14-15-31-27)16-21-8-3-4-9-21/h5-7,10-15,17-18,21H,3-4,8-9,16H2,1-2H3/i16D2. The molecule has 3 heteroatoms. The summed E-state index contributed by atoms with van der Waals surface area (Å²) in [6, 6.07) is 20.9. The first kappa shape index (κ1) is 18.4. The minimum atomic E-state index is -1.32. The fourth-order valence-corrected chi connectivity index (χ4v) is 6.21. The van der Waals surface area contributed by atoms with Crippen LogP contribution in [0.1, 0.15) is 45.1 Å². The van der Waals surface area contributed by atoms with Crippen molar-refractivity contribution in [1.29, 1.82) is 0 Å². The second kappa shape index (κ2) is 8.39. The summed E-state index contributed by atoms with van der Waals surface area (Å²) >= 11 is 1.72. The minimum Gasteiger partial charge on any atom is -0.256 e. The summed E-state index contributed by atoms with van der Waals surface area (Å²) in [5.74, 6) is 0.0956. The topological polar surface area (TPSA) is 25.8 Å². The Morgan fingerprint density at radius 1 is 0.909 bits per heavy atom. The van der Waals surface area contributed by atoms with Gasteiger partial charge in [0.2, 0.25) is 0 Å². The summed E-state index contributed by atoms with van der Waals surface area (Å²) < 4.78 is 18.8. The van der Waals surface area contributed by atoms with Crippen LogP contribution in [0.3, 0.4) is 0 Å². The van der Waals surface area contributed by atoms with E-state index in [4.69, 9.17) is 7.73 Å². The molecule has 0 radical (unpaired) electrons. The number of aryl methyl sites for hydroxylation is 2. The highest BCUT2D eigenvalue weighted by molar-refractivity contribution is 7.25. The van der Waals surface area contributed by atoms with E-state index in [1.165, 1.54) is 26.8 Å². The van der Waals surface area contributed by atoms with E-state index in [-0.39, 0.29) is 5.92 Å². The minimum absolute atomic E-state index is 0.0956. The molecule has 0 bridgehead atoms. The summed E-state index contributed by atoms with van der Waals surface area (Å²) in [5.41, 5.74) is 7.29. The zero-order valence-electron chi connectivity index (χ0n) is 21.1. The fourth-order valence-electron chi connectivity index (χ4n) is 5.16. The van der Waals surface area contributed by atoms with E-state index in [2.05, 4.69) is 67.4 Å². The number of benzene rings is 2. The van der Waals surface area contributed by atoms with Gasteiger partial charge in [-0.25, -0.2) is 4.98 Å². The van der Waals surface area contributed by atoms with Gasteiger partial charge in [-0.05, 0) is 79.2 Å². The molecule has 1 aliphatic rings. The molecule has 0 aliphatic heterocycles. The maximum atomic E-state index is 8.79. The number of hydrogen-bond donors (Lipinski definition) is 0. The van der Waals surface area contributed by atoms with E-state index in [1.807, 2.05) is 12.1 Å². The van der Waals surface area contributed by atoms with Crippen LogP contribution in [0.5, 0.6) is 0 Å². The predicted molar refractivity (Wildman–Crippen MR) is 141 cm³/mol. The quantitative estimate of drug-likeness (QED) is 0.274. The van der Waals surface area contributed by atoms with Crippen LogP contribution in [-0.2, 0) is 6.37 Å². The number of thiophene rings is 1. The first-order valence-electron chi connectivity index (χ1n) is 12.8. The van der Waals surface area contributed by atoms with Crippen molar-refractivity contribution in [3.63, 3.8) is 0 Å². The van der Waals surface area contributed by atoms with E-state index in [0.29, 0.717) is 0 Å².